The van der Waals surface area contributed by atoms with Crippen LogP contribution in [-0.2, 0) is 9.59 Å². The Morgan fingerprint density at radius 3 is 1.24 bits per heavy atom. The molecule has 6 aromatic rings. The van der Waals surface area contributed by atoms with Gasteiger partial charge >= 0.3 is 0 Å². The maximum atomic E-state index is 14.3. The van der Waals surface area contributed by atoms with Gasteiger partial charge in [-0.05, 0) is 102 Å². The molecule has 0 saturated heterocycles. The number of hydrogen-bond donors (Lipinski definition) is 2. The van der Waals surface area contributed by atoms with E-state index in [4.69, 9.17) is 0 Å². The van der Waals surface area contributed by atoms with Gasteiger partial charge in [0.1, 0.15) is 0 Å². The molecule has 0 aliphatic heterocycles. The highest BCUT2D eigenvalue weighted by Crippen LogP contribution is 2.52. The van der Waals surface area contributed by atoms with Crippen LogP contribution in [0.3, 0.4) is 0 Å². The van der Waals surface area contributed by atoms with Gasteiger partial charge < -0.3 is 20.8 Å². The maximum Gasteiger partial charge on any atom is 0.221 e. The van der Waals surface area contributed by atoms with Crippen molar-refractivity contribution in [3.05, 3.63) is 108 Å². The zero-order chi connectivity index (χ0) is 29.1. The number of carbonyl (C=O) groups is 2. The van der Waals surface area contributed by atoms with Gasteiger partial charge in [-0.3, -0.25) is 9.59 Å². The second kappa shape index (κ2) is 9.94. The summed E-state index contributed by atoms with van der Waals surface area (Å²) in [7, 11) is 0. The molecule has 2 N–H and O–H groups in total. The third-order valence-corrected chi connectivity index (χ3v) is 8.56. The number of rotatable bonds is 4. The Bertz CT molecular complexity index is 1910. The molecular weight excluding hydrogens is 524 g/mol. The summed E-state index contributed by atoms with van der Waals surface area (Å²) in [5.74, 6) is -2.32. The van der Waals surface area contributed by atoms with Crippen molar-refractivity contribution in [2.75, 3.05) is 10.6 Å². The molecule has 0 heterocycles. The van der Waals surface area contributed by atoms with Crippen LogP contribution in [0.2, 0.25) is 0 Å². The number of hydrogen-bond acceptors (Lipinski definition) is 4. The third kappa shape index (κ3) is 4.19. The Morgan fingerprint density at radius 1 is 0.524 bits per heavy atom. The molecule has 0 spiro atoms. The predicted octanol–water partition coefficient (Wildman–Crippen LogP) is 5.56. The van der Waals surface area contributed by atoms with E-state index in [-0.39, 0.29) is 11.8 Å². The number of carbonyl (C=O) groups excluding carboxylic acids is 2. The largest absolute Gasteiger partial charge is 0.851 e. The van der Waals surface area contributed by atoms with Crippen LogP contribution in [0.15, 0.2) is 97.1 Å². The molecule has 2 amide bonds. The van der Waals surface area contributed by atoms with E-state index in [0.717, 1.165) is 43.1 Å². The first kappa shape index (κ1) is 26.1. The molecule has 6 nitrogen and oxygen atoms in total. The molecule has 6 aromatic carbocycles. The molecule has 0 aromatic heterocycles. The van der Waals surface area contributed by atoms with Gasteiger partial charge in [-0.25, -0.2) is 0 Å². The summed E-state index contributed by atoms with van der Waals surface area (Å²) in [5, 5.41) is 41.8. The topological polar surface area (TPSA) is 104 Å². The van der Waals surface area contributed by atoms with Crippen LogP contribution in [0.5, 0.6) is 0 Å². The molecule has 7 rings (SSSR count). The minimum absolute atomic E-state index is 0.272. The molecule has 1 aliphatic rings. The van der Waals surface area contributed by atoms with Gasteiger partial charge in [-0.1, -0.05) is 60.7 Å². The molecule has 208 valence electrons. The smallest absolute Gasteiger partial charge is 0.221 e. The summed E-state index contributed by atoms with van der Waals surface area (Å²) in [6.07, 6.45) is -2.58. The monoisotopic (exact) mass is 552 g/mol. The number of amides is 2. The second-order valence-corrected chi connectivity index (χ2v) is 11.2. The Morgan fingerprint density at radius 2 is 0.881 bits per heavy atom. The number of nitrogens with one attached hydrogen (secondary N) is 2. The average molecular weight is 553 g/mol. The average Bonchev–Trinajstić information content (AvgIpc) is 2.97. The first-order valence-electron chi connectivity index (χ1n) is 14.1. The molecule has 0 atom stereocenters. The molecule has 1 saturated carbocycles. The standard InChI is InChI=1S/C36H28N2O4/c1-19(39)37-29-13-11-25-15-21-7-3-5-9-23(21)17-27(25)31(29)33-35(41)34(36(33)42)32-28-18-24-10-6-4-8-22(24)16-26(28)12-14-30(32)38-20(2)40/h3-18,33-36H,1-2H3,(H,37,39)(H,38,40)/q-2. The molecule has 0 unspecified atom stereocenters. The van der Waals surface area contributed by atoms with Gasteiger partial charge in [0.05, 0.1) is 0 Å². The normalized spacial score (nSPS) is 20.1. The van der Waals surface area contributed by atoms with Crippen LogP contribution >= 0.6 is 0 Å². The number of anilines is 2. The molecule has 1 aliphatic carbocycles. The van der Waals surface area contributed by atoms with E-state index in [1.807, 2.05) is 84.9 Å². The Balaban J connectivity index is 1.41. The number of fused-ring (bicyclic) bond motifs is 4. The lowest BCUT2D eigenvalue weighted by molar-refractivity contribution is -0.535. The fraction of sp³-hybridized carbons (Fsp3) is 0.167. The van der Waals surface area contributed by atoms with Crippen LogP contribution in [0, 0.1) is 0 Å². The van der Waals surface area contributed by atoms with Crippen molar-refractivity contribution in [2.24, 2.45) is 0 Å². The zero-order valence-electron chi connectivity index (χ0n) is 23.2. The first-order chi connectivity index (χ1) is 20.3. The van der Waals surface area contributed by atoms with Gasteiger partial charge in [-0.2, -0.15) is 0 Å². The van der Waals surface area contributed by atoms with Gasteiger partial charge in [0.2, 0.25) is 11.8 Å². The highest BCUT2D eigenvalue weighted by atomic mass is 16.3. The molecule has 0 radical (unpaired) electrons. The third-order valence-electron chi connectivity index (χ3n) is 8.56. The van der Waals surface area contributed by atoms with E-state index in [0.29, 0.717) is 22.5 Å². The molecule has 0 bridgehead atoms. The van der Waals surface area contributed by atoms with E-state index in [1.54, 1.807) is 12.1 Å². The molecule has 6 heteroatoms. The van der Waals surface area contributed by atoms with Gasteiger partial charge in [0.15, 0.2) is 0 Å². The van der Waals surface area contributed by atoms with Gasteiger partial charge in [-0.15, -0.1) is 12.2 Å². The minimum atomic E-state index is -1.29. The maximum absolute atomic E-state index is 14.3. The van der Waals surface area contributed by atoms with Crippen molar-refractivity contribution in [1.29, 1.82) is 0 Å². The second-order valence-electron chi connectivity index (χ2n) is 11.2. The Kier molecular flexibility index (Phi) is 6.19. The van der Waals surface area contributed by atoms with Crippen LogP contribution in [0.25, 0.3) is 43.1 Å². The van der Waals surface area contributed by atoms with Crippen molar-refractivity contribution in [2.45, 2.75) is 37.9 Å². The van der Waals surface area contributed by atoms with Crippen LogP contribution in [-0.4, -0.2) is 24.0 Å². The molecule has 42 heavy (non-hydrogen) atoms. The summed E-state index contributed by atoms with van der Waals surface area (Å²) < 4.78 is 0. The lowest BCUT2D eigenvalue weighted by Gasteiger charge is -2.62. The highest BCUT2D eigenvalue weighted by Gasteiger charge is 2.42. The van der Waals surface area contributed by atoms with Crippen molar-refractivity contribution in [3.63, 3.8) is 0 Å². The fourth-order valence-corrected chi connectivity index (χ4v) is 6.72. The minimum Gasteiger partial charge on any atom is -0.851 e. The summed E-state index contributed by atoms with van der Waals surface area (Å²) >= 11 is 0. The lowest BCUT2D eigenvalue weighted by atomic mass is 9.61. The van der Waals surface area contributed by atoms with Gasteiger partial charge in [0.25, 0.3) is 0 Å². The summed E-state index contributed by atoms with van der Waals surface area (Å²) in [6, 6.07) is 31.4. The van der Waals surface area contributed by atoms with Crippen molar-refractivity contribution in [1.82, 2.24) is 0 Å². The molecule has 1 fully saturated rings. The quantitative estimate of drug-likeness (QED) is 0.280. The predicted molar refractivity (Wildman–Crippen MR) is 165 cm³/mol. The number of benzene rings is 6. The van der Waals surface area contributed by atoms with E-state index in [9.17, 15) is 19.8 Å². The van der Waals surface area contributed by atoms with Crippen molar-refractivity contribution in [3.8, 4) is 0 Å². The van der Waals surface area contributed by atoms with E-state index in [1.165, 1.54) is 13.8 Å². The lowest BCUT2D eigenvalue weighted by Crippen LogP contribution is -2.64. The Hall–Kier alpha value is -4.78. The summed E-state index contributed by atoms with van der Waals surface area (Å²) in [4.78, 5) is 24.4. The van der Waals surface area contributed by atoms with Crippen LogP contribution in [0.1, 0.15) is 36.8 Å². The SMILES string of the molecule is CC(=O)Nc1ccc2cc3ccccc3cc2c1C1C([O-])C(c2c(NC(C)=O)ccc3cc4ccccc4cc23)C1[O-]. The first-order valence-corrected chi connectivity index (χ1v) is 14.1. The van der Waals surface area contributed by atoms with Crippen LogP contribution in [0.4, 0.5) is 11.4 Å². The summed E-state index contributed by atoms with van der Waals surface area (Å²) in [6.45, 7) is 2.84. The van der Waals surface area contributed by atoms with E-state index >= 15 is 0 Å². The van der Waals surface area contributed by atoms with E-state index < -0.39 is 24.0 Å². The Labute approximate surface area is 242 Å². The van der Waals surface area contributed by atoms with E-state index in [2.05, 4.69) is 10.6 Å². The molecular formula is C36H28N2O4-2. The fourth-order valence-electron chi connectivity index (χ4n) is 6.72. The van der Waals surface area contributed by atoms with Crippen LogP contribution < -0.4 is 20.8 Å². The summed E-state index contributed by atoms with van der Waals surface area (Å²) in [5.41, 5.74) is 2.13. The highest BCUT2D eigenvalue weighted by molar-refractivity contribution is 6.05. The van der Waals surface area contributed by atoms with Gasteiger partial charge in [0, 0.05) is 25.2 Å². The van der Waals surface area contributed by atoms with Crippen molar-refractivity contribution >= 4 is 66.3 Å². The van der Waals surface area contributed by atoms with Crippen molar-refractivity contribution < 1.29 is 19.8 Å². The zero-order valence-corrected chi connectivity index (χ0v) is 23.2.